The maximum absolute atomic E-state index is 14.8. The smallest absolute Gasteiger partial charge is 0.266 e. The van der Waals surface area contributed by atoms with Gasteiger partial charge < -0.3 is 0 Å². The molecule has 62 heavy (non-hydrogen) atoms. The van der Waals surface area contributed by atoms with Crippen LogP contribution in [0.4, 0.5) is 5.69 Å². The third-order valence-corrected chi connectivity index (χ3v) is 14.0. The molecule has 2 aliphatic heterocycles. The van der Waals surface area contributed by atoms with Crippen LogP contribution in [0.25, 0.3) is 32.4 Å². The van der Waals surface area contributed by atoms with Gasteiger partial charge in [-0.1, -0.05) is 90.6 Å². The van der Waals surface area contributed by atoms with Crippen molar-refractivity contribution in [3.8, 4) is 0 Å². The number of carbonyl (C=O) groups is 6. The van der Waals surface area contributed by atoms with Gasteiger partial charge in [-0.15, -0.1) is 0 Å². The number of aromatic nitrogens is 1. The van der Waals surface area contributed by atoms with E-state index in [9.17, 15) is 28.8 Å². The lowest BCUT2D eigenvalue weighted by Crippen LogP contribution is -2.39. The molecule has 0 radical (unpaired) electrons. The number of carbonyl (C=O) groups excluding carboxylic acids is 6. The molecule has 10 heteroatoms. The van der Waals surface area contributed by atoms with Gasteiger partial charge in [-0.25, -0.2) is 9.88 Å². The van der Waals surface area contributed by atoms with Crippen molar-refractivity contribution in [2.24, 2.45) is 0 Å². The van der Waals surface area contributed by atoms with Gasteiger partial charge in [0.05, 0.1) is 34.6 Å². The maximum atomic E-state index is 14.8. The molecule has 0 bridgehead atoms. The third kappa shape index (κ3) is 5.32. The number of fused-ring (bicyclic) bond motifs is 4. The number of benzene rings is 7. The molecular formula is C52H33N3O6S. The van der Waals surface area contributed by atoms with Crippen molar-refractivity contribution in [3.05, 3.63) is 189 Å². The Kier molecular flexibility index (Phi) is 8.29. The number of anilines is 1. The predicted octanol–water partition coefficient (Wildman–Crippen LogP) is 10.4. The number of imide groups is 2. The van der Waals surface area contributed by atoms with Crippen LogP contribution in [0.15, 0.2) is 137 Å². The largest absolute Gasteiger partial charge is 0.293 e. The Morgan fingerprint density at radius 2 is 1.13 bits per heavy atom. The number of Topliss-reactive ketones (excluding diaryl/α,β-unsaturated/α-hetero) is 2. The van der Waals surface area contributed by atoms with Crippen LogP contribution in [0, 0.1) is 20.8 Å². The van der Waals surface area contributed by atoms with Gasteiger partial charge >= 0.3 is 0 Å². The highest BCUT2D eigenvalue weighted by molar-refractivity contribution is 7.99. The SMILES string of the molecule is Cc1c(C)c2c(c(C)c1Sc1ccccc1)C(=O)N(c1ccc(CN3C(=O)c4cccc5cccc(c45)C3=O)c3ccc(C4C(=O)c5cc6ccccc6cc5C4=O)nc13)C2=O. The van der Waals surface area contributed by atoms with E-state index in [1.54, 1.807) is 60.7 Å². The molecule has 298 valence electrons. The molecule has 3 heterocycles. The molecule has 0 saturated heterocycles. The molecule has 0 saturated carbocycles. The van der Waals surface area contributed by atoms with Crippen LogP contribution in [0.2, 0.25) is 0 Å². The van der Waals surface area contributed by atoms with E-state index in [0.29, 0.717) is 60.8 Å². The highest BCUT2D eigenvalue weighted by Crippen LogP contribution is 2.44. The minimum absolute atomic E-state index is 0.151. The molecule has 1 aromatic heterocycles. The van der Waals surface area contributed by atoms with E-state index in [-0.39, 0.29) is 23.4 Å². The summed E-state index contributed by atoms with van der Waals surface area (Å²) in [4.78, 5) is 95.2. The fraction of sp³-hybridized carbons (Fsp3) is 0.0962. The zero-order chi connectivity index (χ0) is 42.7. The van der Waals surface area contributed by atoms with E-state index in [1.807, 2.05) is 87.5 Å². The molecule has 0 fully saturated rings. The summed E-state index contributed by atoms with van der Waals surface area (Å²) in [6, 6.07) is 38.1. The lowest BCUT2D eigenvalue weighted by Gasteiger charge is -2.28. The molecule has 3 aliphatic rings. The minimum Gasteiger partial charge on any atom is -0.293 e. The summed E-state index contributed by atoms with van der Waals surface area (Å²) in [5, 5.41) is 3.47. The zero-order valence-corrected chi connectivity index (χ0v) is 34.4. The van der Waals surface area contributed by atoms with E-state index >= 15 is 0 Å². The van der Waals surface area contributed by atoms with Gasteiger partial charge in [-0.2, -0.15) is 0 Å². The Morgan fingerprint density at radius 1 is 0.548 bits per heavy atom. The van der Waals surface area contributed by atoms with Gasteiger partial charge in [0.2, 0.25) is 0 Å². The Balaban J connectivity index is 1.06. The molecule has 7 aromatic carbocycles. The fourth-order valence-corrected chi connectivity index (χ4v) is 10.5. The lowest BCUT2D eigenvalue weighted by molar-refractivity contribution is 0.0597. The third-order valence-electron chi connectivity index (χ3n) is 12.7. The summed E-state index contributed by atoms with van der Waals surface area (Å²) in [6.45, 7) is 5.50. The Hall–Kier alpha value is -7.56. The van der Waals surface area contributed by atoms with Crippen molar-refractivity contribution in [2.75, 3.05) is 4.90 Å². The summed E-state index contributed by atoms with van der Waals surface area (Å²) in [6.07, 6.45) is 0. The van der Waals surface area contributed by atoms with E-state index in [4.69, 9.17) is 4.98 Å². The van der Waals surface area contributed by atoms with Gasteiger partial charge in [-0.05, 0) is 108 Å². The van der Waals surface area contributed by atoms with Crippen LogP contribution in [-0.4, -0.2) is 45.1 Å². The van der Waals surface area contributed by atoms with Crippen molar-refractivity contribution in [1.82, 2.24) is 9.88 Å². The highest BCUT2D eigenvalue weighted by Gasteiger charge is 2.44. The van der Waals surface area contributed by atoms with Crippen LogP contribution in [0.1, 0.15) is 96.0 Å². The number of hydrogen-bond donors (Lipinski definition) is 0. The summed E-state index contributed by atoms with van der Waals surface area (Å²) >= 11 is 1.53. The number of nitrogens with zero attached hydrogens (tertiary/aromatic N) is 3. The molecule has 1 aliphatic carbocycles. The first-order valence-electron chi connectivity index (χ1n) is 20.2. The van der Waals surface area contributed by atoms with E-state index < -0.39 is 41.1 Å². The summed E-state index contributed by atoms with van der Waals surface area (Å²) in [5.41, 5.74) is 5.24. The first kappa shape index (κ1) is 37.4. The topological polar surface area (TPSA) is 122 Å². The Morgan fingerprint density at radius 3 is 1.76 bits per heavy atom. The van der Waals surface area contributed by atoms with Crippen molar-refractivity contribution in [2.45, 2.75) is 43.0 Å². The molecule has 0 unspecified atom stereocenters. The second kappa shape index (κ2) is 13.7. The molecule has 0 N–H and O–H groups in total. The number of pyridine rings is 1. The van der Waals surface area contributed by atoms with Crippen LogP contribution < -0.4 is 4.90 Å². The van der Waals surface area contributed by atoms with Gasteiger partial charge in [0.25, 0.3) is 23.6 Å². The number of rotatable bonds is 6. The Labute approximate surface area is 359 Å². The highest BCUT2D eigenvalue weighted by atomic mass is 32.2. The van der Waals surface area contributed by atoms with Crippen LogP contribution in [0.3, 0.4) is 0 Å². The quantitative estimate of drug-likeness (QED) is 0.120. The van der Waals surface area contributed by atoms with E-state index in [2.05, 4.69) is 0 Å². The zero-order valence-electron chi connectivity index (χ0n) is 33.6. The lowest BCUT2D eigenvalue weighted by atomic mass is 9.93. The average molecular weight is 828 g/mol. The van der Waals surface area contributed by atoms with Crippen molar-refractivity contribution in [3.63, 3.8) is 0 Å². The monoisotopic (exact) mass is 827 g/mol. The summed E-state index contributed by atoms with van der Waals surface area (Å²) < 4.78 is 0. The normalized spacial score (nSPS) is 14.9. The molecule has 4 amide bonds. The van der Waals surface area contributed by atoms with Gasteiger partial charge in [0, 0.05) is 42.8 Å². The number of hydrogen-bond acceptors (Lipinski definition) is 8. The molecule has 9 nitrogen and oxygen atoms in total. The maximum Gasteiger partial charge on any atom is 0.266 e. The van der Waals surface area contributed by atoms with Gasteiger partial charge in [0.1, 0.15) is 5.92 Å². The standard InChI is InChI=1S/C52H33N3O6S/c1-26-27(2)48(62-33-15-5-4-6-16-33)28(3)42-41(26)51(60)55(52(42)61)40-22-19-32(25-54-49(58)35-17-9-13-29-14-10-18-36(43(29)35)50(54)59)34-20-21-39(53-45(34)40)44-46(56)37-23-30-11-7-8-12-31(30)24-38(37)47(44)57/h4-24,44H,25H2,1-3H3. The number of amides is 4. The predicted molar refractivity (Wildman–Crippen MR) is 238 cm³/mol. The van der Waals surface area contributed by atoms with Crippen LogP contribution in [0.5, 0.6) is 0 Å². The van der Waals surface area contributed by atoms with Crippen LogP contribution >= 0.6 is 11.8 Å². The van der Waals surface area contributed by atoms with Gasteiger partial charge in [0.15, 0.2) is 11.6 Å². The van der Waals surface area contributed by atoms with Gasteiger partial charge in [-0.3, -0.25) is 33.7 Å². The Bertz CT molecular complexity index is 3330. The summed E-state index contributed by atoms with van der Waals surface area (Å²) in [5.74, 6) is -4.04. The second-order valence-electron chi connectivity index (χ2n) is 16.0. The minimum atomic E-state index is -1.27. The second-order valence-corrected chi connectivity index (χ2v) is 17.1. The van der Waals surface area contributed by atoms with E-state index in [0.717, 1.165) is 36.4 Å². The molecule has 11 rings (SSSR count). The fourth-order valence-electron chi connectivity index (χ4n) is 9.45. The molecule has 8 aromatic rings. The first-order chi connectivity index (χ1) is 30.0. The van der Waals surface area contributed by atoms with Crippen molar-refractivity contribution in [1.29, 1.82) is 0 Å². The average Bonchev–Trinajstić information content (AvgIpc) is 3.70. The number of ketones is 2. The van der Waals surface area contributed by atoms with Crippen molar-refractivity contribution < 1.29 is 28.8 Å². The van der Waals surface area contributed by atoms with Crippen molar-refractivity contribution >= 4 is 85.1 Å². The molecule has 0 spiro atoms. The van der Waals surface area contributed by atoms with Crippen LogP contribution in [-0.2, 0) is 6.54 Å². The van der Waals surface area contributed by atoms with E-state index in [1.165, 1.54) is 16.7 Å². The molecule has 0 atom stereocenters. The summed E-state index contributed by atoms with van der Waals surface area (Å²) in [7, 11) is 0. The molecular weight excluding hydrogens is 795 g/mol. The first-order valence-corrected chi connectivity index (χ1v) is 21.0.